The fraction of sp³-hybridized carbons (Fsp3) is 0.400. The SMILES string of the molecule is O=C1[C@H]2CC=CC[C@H]2C(=O)N1CC(O)c1ccccn1. The maximum absolute atomic E-state index is 12.3. The zero-order valence-corrected chi connectivity index (χ0v) is 11.0. The van der Waals surface area contributed by atoms with E-state index in [0.29, 0.717) is 18.5 Å². The molecule has 1 N–H and O–H groups in total. The van der Waals surface area contributed by atoms with Crippen LogP contribution in [0, 0.1) is 11.8 Å². The summed E-state index contributed by atoms with van der Waals surface area (Å²) in [6.07, 6.45) is 5.78. The van der Waals surface area contributed by atoms with Gasteiger partial charge >= 0.3 is 0 Å². The third-order valence-corrected chi connectivity index (χ3v) is 3.98. The van der Waals surface area contributed by atoms with Gasteiger partial charge in [0.1, 0.15) is 6.10 Å². The maximum atomic E-state index is 12.3. The molecule has 5 nitrogen and oxygen atoms in total. The molecule has 0 radical (unpaired) electrons. The van der Waals surface area contributed by atoms with Gasteiger partial charge in [-0.25, -0.2) is 0 Å². The van der Waals surface area contributed by atoms with E-state index in [9.17, 15) is 14.7 Å². The van der Waals surface area contributed by atoms with Crippen molar-refractivity contribution in [3.8, 4) is 0 Å². The molecule has 20 heavy (non-hydrogen) atoms. The lowest BCUT2D eigenvalue weighted by molar-refractivity contribution is -0.141. The van der Waals surface area contributed by atoms with Crippen LogP contribution in [0.2, 0.25) is 0 Å². The van der Waals surface area contributed by atoms with Crippen LogP contribution in [0.15, 0.2) is 36.5 Å². The first-order valence-corrected chi connectivity index (χ1v) is 6.77. The molecule has 1 aromatic rings. The molecule has 104 valence electrons. The largest absolute Gasteiger partial charge is 0.385 e. The summed E-state index contributed by atoms with van der Waals surface area (Å²) in [4.78, 5) is 29.8. The van der Waals surface area contributed by atoms with Gasteiger partial charge in [0.2, 0.25) is 11.8 Å². The first-order valence-electron chi connectivity index (χ1n) is 6.77. The molecule has 0 bridgehead atoms. The summed E-state index contributed by atoms with van der Waals surface area (Å²) in [6, 6.07) is 5.20. The highest BCUT2D eigenvalue weighted by molar-refractivity contribution is 6.05. The van der Waals surface area contributed by atoms with E-state index in [4.69, 9.17) is 0 Å². The lowest BCUT2D eigenvalue weighted by Crippen LogP contribution is -2.35. The Balaban J connectivity index is 1.75. The van der Waals surface area contributed by atoms with Crippen molar-refractivity contribution in [1.29, 1.82) is 0 Å². The van der Waals surface area contributed by atoms with E-state index in [0.717, 1.165) is 0 Å². The molecule has 3 atom stereocenters. The Morgan fingerprint density at radius 1 is 1.20 bits per heavy atom. The summed E-state index contributed by atoms with van der Waals surface area (Å²) in [5.41, 5.74) is 0.473. The number of likely N-dealkylation sites (tertiary alicyclic amines) is 1. The monoisotopic (exact) mass is 272 g/mol. The molecule has 0 spiro atoms. The van der Waals surface area contributed by atoms with Crippen LogP contribution < -0.4 is 0 Å². The van der Waals surface area contributed by atoms with Crippen LogP contribution in [-0.2, 0) is 9.59 Å². The summed E-state index contributed by atoms with van der Waals surface area (Å²) in [5.74, 6) is -0.828. The molecule has 1 fully saturated rings. The Labute approximate surface area is 116 Å². The van der Waals surface area contributed by atoms with Crippen molar-refractivity contribution in [3.63, 3.8) is 0 Å². The Bertz CT molecular complexity index is 529. The Morgan fingerprint density at radius 2 is 1.85 bits per heavy atom. The summed E-state index contributed by atoms with van der Waals surface area (Å²) in [5, 5.41) is 10.1. The van der Waals surface area contributed by atoms with Gasteiger partial charge in [-0.15, -0.1) is 0 Å². The van der Waals surface area contributed by atoms with Crippen molar-refractivity contribution >= 4 is 11.8 Å². The van der Waals surface area contributed by atoms with Crippen LogP contribution in [0.3, 0.4) is 0 Å². The Morgan fingerprint density at radius 3 is 2.40 bits per heavy atom. The highest BCUT2D eigenvalue weighted by Crippen LogP contribution is 2.35. The lowest BCUT2D eigenvalue weighted by Gasteiger charge is -2.18. The number of amides is 2. The molecule has 1 saturated heterocycles. The number of carbonyl (C=O) groups is 2. The number of carbonyl (C=O) groups excluding carboxylic acids is 2. The van der Waals surface area contributed by atoms with E-state index < -0.39 is 6.10 Å². The first-order chi connectivity index (χ1) is 9.68. The predicted octanol–water partition coefficient (Wildman–Crippen LogP) is 1.07. The maximum Gasteiger partial charge on any atom is 0.233 e. The predicted molar refractivity (Wildman–Crippen MR) is 71.3 cm³/mol. The molecule has 1 aliphatic carbocycles. The molecule has 1 unspecified atom stereocenters. The number of nitrogens with zero attached hydrogens (tertiary/aromatic N) is 2. The number of aliphatic hydroxyl groups is 1. The molecule has 2 aliphatic rings. The van der Waals surface area contributed by atoms with Gasteiger partial charge in [-0.05, 0) is 25.0 Å². The van der Waals surface area contributed by atoms with Crippen molar-refractivity contribution in [2.75, 3.05) is 6.54 Å². The molecular weight excluding hydrogens is 256 g/mol. The minimum Gasteiger partial charge on any atom is -0.385 e. The summed E-state index contributed by atoms with van der Waals surface area (Å²) in [7, 11) is 0. The van der Waals surface area contributed by atoms with Gasteiger partial charge in [-0.3, -0.25) is 19.5 Å². The number of fused-ring (bicyclic) bond motifs is 1. The molecule has 2 heterocycles. The van der Waals surface area contributed by atoms with E-state index in [-0.39, 0.29) is 30.2 Å². The van der Waals surface area contributed by atoms with Crippen LogP contribution in [0.5, 0.6) is 0 Å². The molecule has 2 amide bonds. The van der Waals surface area contributed by atoms with Gasteiger partial charge in [-0.1, -0.05) is 18.2 Å². The van der Waals surface area contributed by atoms with Crippen molar-refractivity contribution in [3.05, 3.63) is 42.2 Å². The molecule has 5 heteroatoms. The third kappa shape index (κ3) is 2.14. The fourth-order valence-corrected chi connectivity index (χ4v) is 2.89. The second kappa shape index (κ2) is 5.17. The minimum atomic E-state index is -0.933. The molecule has 3 rings (SSSR count). The van der Waals surface area contributed by atoms with E-state index in [1.165, 1.54) is 4.90 Å². The van der Waals surface area contributed by atoms with Crippen molar-refractivity contribution in [1.82, 2.24) is 9.88 Å². The summed E-state index contributed by atoms with van der Waals surface area (Å²) < 4.78 is 0. The minimum absolute atomic E-state index is 0.0122. The van der Waals surface area contributed by atoms with Gasteiger partial charge < -0.3 is 5.11 Å². The number of hydrogen-bond acceptors (Lipinski definition) is 4. The van der Waals surface area contributed by atoms with E-state index >= 15 is 0 Å². The molecule has 0 saturated carbocycles. The second-order valence-electron chi connectivity index (χ2n) is 5.21. The van der Waals surface area contributed by atoms with E-state index in [1.54, 1.807) is 24.4 Å². The van der Waals surface area contributed by atoms with Gasteiger partial charge in [0.05, 0.1) is 24.1 Å². The zero-order chi connectivity index (χ0) is 14.1. The molecular formula is C15H16N2O3. The van der Waals surface area contributed by atoms with E-state index in [2.05, 4.69) is 4.98 Å². The average molecular weight is 272 g/mol. The quantitative estimate of drug-likeness (QED) is 0.660. The molecule has 1 aromatic heterocycles. The molecule has 0 aromatic carbocycles. The van der Waals surface area contributed by atoms with Crippen LogP contribution in [-0.4, -0.2) is 33.3 Å². The number of aliphatic hydroxyl groups excluding tert-OH is 1. The molecule has 1 aliphatic heterocycles. The van der Waals surface area contributed by atoms with Crippen molar-refractivity contribution in [2.24, 2.45) is 11.8 Å². The zero-order valence-electron chi connectivity index (χ0n) is 11.0. The summed E-state index contributed by atoms with van der Waals surface area (Å²) in [6.45, 7) is -0.0122. The standard InChI is InChI=1S/C15H16N2O3/c18-13(12-7-3-4-8-16-12)9-17-14(19)10-5-1-2-6-11(10)15(17)20/h1-4,7-8,10-11,13,18H,5-6,9H2/t10-,11+,13?. The second-order valence-corrected chi connectivity index (χ2v) is 5.21. The Kier molecular flexibility index (Phi) is 3.36. The highest BCUT2D eigenvalue weighted by atomic mass is 16.3. The van der Waals surface area contributed by atoms with E-state index in [1.807, 2.05) is 12.2 Å². The number of rotatable bonds is 3. The number of imide groups is 1. The van der Waals surface area contributed by atoms with Crippen LogP contribution in [0.1, 0.15) is 24.6 Å². The van der Waals surface area contributed by atoms with Crippen LogP contribution in [0.4, 0.5) is 0 Å². The average Bonchev–Trinajstić information content (AvgIpc) is 2.74. The van der Waals surface area contributed by atoms with Crippen LogP contribution in [0.25, 0.3) is 0 Å². The van der Waals surface area contributed by atoms with Gasteiger partial charge in [0.15, 0.2) is 0 Å². The fourth-order valence-electron chi connectivity index (χ4n) is 2.89. The Hall–Kier alpha value is -2.01. The smallest absolute Gasteiger partial charge is 0.233 e. The first kappa shape index (κ1) is 13.0. The number of β-amino-alcohol motifs (C(OH)–C–C–N with tert-alkyl or cyclic N) is 1. The third-order valence-electron chi connectivity index (χ3n) is 3.98. The highest BCUT2D eigenvalue weighted by Gasteiger charge is 2.47. The normalized spacial score (nSPS) is 26.8. The summed E-state index contributed by atoms with van der Waals surface area (Å²) >= 11 is 0. The number of allylic oxidation sites excluding steroid dienone is 2. The van der Waals surface area contributed by atoms with Crippen molar-refractivity contribution in [2.45, 2.75) is 18.9 Å². The van der Waals surface area contributed by atoms with Gasteiger partial charge in [-0.2, -0.15) is 0 Å². The van der Waals surface area contributed by atoms with Crippen molar-refractivity contribution < 1.29 is 14.7 Å². The number of pyridine rings is 1. The number of aromatic nitrogens is 1. The number of hydrogen-bond donors (Lipinski definition) is 1. The van der Waals surface area contributed by atoms with Gasteiger partial charge in [0, 0.05) is 6.20 Å². The topological polar surface area (TPSA) is 70.5 Å². The van der Waals surface area contributed by atoms with Crippen LogP contribution >= 0.6 is 0 Å². The lowest BCUT2D eigenvalue weighted by atomic mass is 9.85. The van der Waals surface area contributed by atoms with Gasteiger partial charge in [0.25, 0.3) is 0 Å².